The average molecular weight is 459 g/mol. The lowest BCUT2D eigenvalue weighted by molar-refractivity contribution is -0.0344. The normalized spacial score (nSPS) is 27.5. The number of nitrogen functional groups attached to an aromatic ring is 1. The van der Waals surface area contributed by atoms with Gasteiger partial charge in [0.15, 0.2) is 11.5 Å². The number of hydrogen-bond acceptors (Lipinski definition) is 7. The Kier molecular flexibility index (Phi) is 5.02. The van der Waals surface area contributed by atoms with Gasteiger partial charge in [0.2, 0.25) is 5.95 Å². The summed E-state index contributed by atoms with van der Waals surface area (Å²) >= 11 is 0. The monoisotopic (exact) mass is 458 g/mol. The van der Waals surface area contributed by atoms with Crippen LogP contribution in [-0.4, -0.2) is 49.5 Å². The van der Waals surface area contributed by atoms with Gasteiger partial charge in [-0.05, 0) is 43.2 Å². The molecule has 0 amide bonds. The highest BCUT2D eigenvalue weighted by Crippen LogP contribution is 2.63. The number of aryl methyl sites for hydroxylation is 1. The van der Waals surface area contributed by atoms with Crippen molar-refractivity contribution < 1.29 is 4.74 Å². The molecular formula is C25H30N8O. The zero-order valence-corrected chi connectivity index (χ0v) is 19.6. The number of aromatic nitrogens is 6. The summed E-state index contributed by atoms with van der Waals surface area (Å²) in [6, 6.07) is 14.2. The minimum absolute atomic E-state index is 0.0777. The maximum Gasteiger partial charge on any atom is 0.239 e. The van der Waals surface area contributed by atoms with Crippen LogP contribution in [0, 0.1) is 18.8 Å². The van der Waals surface area contributed by atoms with Gasteiger partial charge in [-0.25, -0.2) is 9.50 Å². The molecule has 1 aromatic carbocycles. The summed E-state index contributed by atoms with van der Waals surface area (Å²) in [6.45, 7) is 7.28. The molecule has 2 bridgehead atoms. The van der Waals surface area contributed by atoms with Gasteiger partial charge >= 0.3 is 0 Å². The number of nitrogens with one attached hydrogen (secondary N) is 1. The van der Waals surface area contributed by atoms with Gasteiger partial charge < -0.3 is 15.4 Å². The standard InChI is InChI=1S/C19H24N8O.C6H6/c1-10-3-4-26(7-10)13-5-11(2)16-22-17(25-27(16)8-13)19-6-12(9-28-19)14(19)15-21-18(20)24-23-15;1-2-4-6-5-3-1/h5,8,10,12,14H,3-4,6-7,9H2,1-2H3,(H3,20,21,23,24);1-6H. The quantitative estimate of drug-likeness (QED) is 0.485. The molecular weight excluding hydrogens is 428 g/mol. The highest BCUT2D eigenvalue weighted by molar-refractivity contribution is 5.57. The highest BCUT2D eigenvalue weighted by Gasteiger charge is 2.66. The first-order valence-corrected chi connectivity index (χ1v) is 12.0. The first kappa shape index (κ1) is 21.1. The third kappa shape index (κ3) is 3.42. The number of nitrogens with zero attached hydrogens (tertiary/aromatic N) is 6. The van der Waals surface area contributed by atoms with E-state index in [-0.39, 0.29) is 11.9 Å². The fourth-order valence-electron chi connectivity index (χ4n) is 5.62. The second-order valence-electron chi connectivity index (χ2n) is 9.80. The summed E-state index contributed by atoms with van der Waals surface area (Å²) in [4.78, 5) is 11.7. The van der Waals surface area contributed by atoms with E-state index in [9.17, 15) is 0 Å². The third-order valence-corrected chi connectivity index (χ3v) is 7.35. The van der Waals surface area contributed by atoms with E-state index in [1.165, 1.54) is 12.1 Å². The minimum Gasteiger partial charge on any atom is -0.370 e. The zero-order chi connectivity index (χ0) is 23.3. The van der Waals surface area contributed by atoms with Crippen LogP contribution in [-0.2, 0) is 10.3 Å². The fraction of sp³-hybridized carbons (Fsp3) is 0.440. The van der Waals surface area contributed by atoms with Gasteiger partial charge in [-0.2, -0.15) is 4.98 Å². The summed E-state index contributed by atoms with van der Waals surface area (Å²) in [6.07, 6.45) is 4.24. The van der Waals surface area contributed by atoms with Crippen LogP contribution in [0.2, 0.25) is 0 Å². The highest BCUT2D eigenvalue weighted by atomic mass is 16.5. The van der Waals surface area contributed by atoms with Crippen molar-refractivity contribution in [3.63, 3.8) is 0 Å². The van der Waals surface area contributed by atoms with Crippen LogP contribution in [0.4, 0.5) is 11.6 Å². The smallest absolute Gasteiger partial charge is 0.239 e. The Hall–Kier alpha value is -3.46. The molecule has 9 heteroatoms. The molecule has 4 fully saturated rings. The summed E-state index contributed by atoms with van der Waals surface area (Å²) in [7, 11) is 0. The maximum atomic E-state index is 6.21. The molecule has 3 saturated heterocycles. The number of ether oxygens (including phenoxy) is 1. The van der Waals surface area contributed by atoms with Crippen molar-refractivity contribution in [2.75, 3.05) is 30.3 Å². The van der Waals surface area contributed by atoms with Crippen LogP contribution in [0.15, 0.2) is 48.7 Å². The predicted molar refractivity (Wildman–Crippen MR) is 129 cm³/mol. The molecule has 4 aliphatic rings. The van der Waals surface area contributed by atoms with Crippen molar-refractivity contribution in [2.24, 2.45) is 11.8 Å². The van der Waals surface area contributed by atoms with Crippen LogP contribution in [0.3, 0.4) is 0 Å². The Balaban J connectivity index is 0.000000318. The number of benzene rings is 1. The van der Waals surface area contributed by atoms with E-state index >= 15 is 0 Å². The Morgan fingerprint density at radius 1 is 1.15 bits per heavy atom. The van der Waals surface area contributed by atoms with E-state index in [1.807, 2.05) is 40.9 Å². The van der Waals surface area contributed by atoms with Crippen LogP contribution >= 0.6 is 0 Å². The second kappa shape index (κ2) is 8.09. The third-order valence-electron chi connectivity index (χ3n) is 7.35. The summed E-state index contributed by atoms with van der Waals surface area (Å²) in [5.74, 6) is 2.98. The average Bonchev–Trinajstić information content (AvgIpc) is 3.64. The molecule has 0 spiro atoms. The number of rotatable bonds is 3. The van der Waals surface area contributed by atoms with Crippen molar-refractivity contribution in [3.8, 4) is 0 Å². The molecule has 0 radical (unpaired) electrons. The maximum absolute atomic E-state index is 6.21. The number of anilines is 2. The fourth-order valence-corrected chi connectivity index (χ4v) is 5.62. The van der Waals surface area contributed by atoms with Gasteiger partial charge in [0, 0.05) is 13.1 Å². The van der Waals surface area contributed by atoms with Gasteiger partial charge in [0.05, 0.1) is 24.4 Å². The van der Waals surface area contributed by atoms with Crippen molar-refractivity contribution in [2.45, 2.75) is 38.2 Å². The van der Waals surface area contributed by atoms with Crippen molar-refractivity contribution in [3.05, 3.63) is 65.9 Å². The van der Waals surface area contributed by atoms with Gasteiger partial charge in [-0.3, -0.25) is 5.10 Å². The molecule has 4 unspecified atom stereocenters. The molecule has 6 heterocycles. The zero-order valence-electron chi connectivity index (χ0n) is 19.6. The minimum atomic E-state index is -0.530. The largest absolute Gasteiger partial charge is 0.370 e. The number of H-pyrrole nitrogens is 1. The van der Waals surface area contributed by atoms with E-state index < -0.39 is 5.60 Å². The lowest BCUT2D eigenvalue weighted by Gasteiger charge is -2.41. The van der Waals surface area contributed by atoms with E-state index in [4.69, 9.17) is 20.6 Å². The molecule has 4 aromatic rings. The van der Waals surface area contributed by atoms with Crippen molar-refractivity contribution in [1.29, 1.82) is 0 Å². The first-order valence-electron chi connectivity index (χ1n) is 12.0. The molecule has 1 saturated carbocycles. The molecule has 176 valence electrons. The van der Waals surface area contributed by atoms with Crippen molar-refractivity contribution >= 4 is 17.3 Å². The summed E-state index contributed by atoms with van der Waals surface area (Å²) in [5, 5.41) is 11.8. The van der Waals surface area contributed by atoms with E-state index in [2.05, 4.69) is 46.2 Å². The molecule has 3 aliphatic heterocycles. The lowest BCUT2D eigenvalue weighted by Crippen LogP contribution is -2.44. The number of fused-ring (bicyclic) bond motifs is 2. The van der Waals surface area contributed by atoms with Gasteiger partial charge in [0.25, 0.3) is 0 Å². The van der Waals surface area contributed by atoms with Crippen LogP contribution in [0.25, 0.3) is 5.65 Å². The molecule has 34 heavy (non-hydrogen) atoms. The topological polar surface area (TPSA) is 110 Å². The Labute approximate surface area is 198 Å². The van der Waals surface area contributed by atoms with Crippen LogP contribution in [0.1, 0.15) is 42.9 Å². The predicted octanol–water partition coefficient (Wildman–Crippen LogP) is 3.30. The van der Waals surface area contributed by atoms with Crippen LogP contribution < -0.4 is 10.6 Å². The van der Waals surface area contributed by atoms with Crippen LogP contribution in [0.5, 0.6) is 0 Å². The Morgan fingerprint density at radius 3 is 2.53 bits per heavy atom. The number of aromatic amines is 1. The van der Waals surface area contributed by atoms with E-state index in [0.29, 0.717) is 12.5 Å². The van der Waals surface area contributed by atoms with E-state index in [0.717, 1.165) is 48.3 Å². The Morgan fingerprint density at radius 2 is 1.91 bits per heavy atom. The molecule has 4 atom stereocenters. The van der Waals surface area contributed by atoms with Gasteiger partial charge in [0.1, 0.15) is 11.4 Å². The molecule has 3 aromatic heterocycles. The summed E-state index contributed by atoms with van der Waals surface area (Å²) in [5.41, 5.74) is 8.41. The summed E-state index contributed by atoms with van der Waals surface area (Å²) < 4.78 is 8.13. The van der Waals surface area contributed by atoms with Crippen molar-refractivity contribution in [1.82, 2.24) is 29.8 Å². The first-order chi connectivity index (χ1) is 16.5. The van der Waals surface area contributed by atoms with Gasteiger partial charge in [-0.15, -0.1) is 10.2 Å². The number of hydrogen-bond donors (Lipinski definition) is 2. The molecule has 8 rings (SSSR count). The van der Waals surface area contributed by atoms with Gasteiger partial charge in [-0.1, -0.05) is 43.3 Å². The SMILES string of the molecule is Cc1cc(N2CCC(C)C2)cn2nc(C34CC(CO3)C4c3nc(N)n[nH]3)nc12.c1ccccc1. The number of pyridine rings is 1. The second-order valence-corrected chi connectivity index (χ2v) is 9.80. The molecule has 9 nitrogen and oxygen atoms in total. The van der Waals surface area contributed by atoms with E-state index in [1.54, 1.807) is 0 Å². The Bertz CT molecular complexity index is 1270. The molecule has 3 N–H and O–H groups in total. The number of nitrogens with two attached hydrogens (primary N) is 1. The lowest BCUT2D eigenvalue weighted by atomic mass is 9.63. The molecule has 1 aliphatic carbocycles.